The van der Waals surface area contributed by atoms with Gasteiger partial charge in [-0.2, -0.15) is 0 Å². The van der Waals surface area contributed by atoms with Crippen molar-refractivity contribution in [2.75, 3.05) is 18.8 Å². The highest BCUT2D eigenvalue weighted by atomic mass is 16.6. The molecule has 0 atom stereocenters. The van der Waals surface area contributed by atoms with Gasteiger partial charge in [0.2, 0.25) is 0 Å². The molecule has 3 N–H and O–H groups in total. The number of amides is 1. The van der Waals surface area contributed by atoms with Gasteiger partial charge in [-0.3, -0.25) is 4.79 Å². The van der Waals surface area contributed by atoms with Gasteiger partial charge in [0.1, 0.15) is 11.4 Å². The van der Waals surface area contributed by atoms with Crippen molar-refractivity contribution in [1.82, 2.24) is 9.88 Å². The first-order valence-electron chi connectivity index (χ1n) is 7.22. The van der Waals surface area contributed by atoms with Crippen molar-refractivity contribution >= 4 is 11.9 Å². The summed E-state index contributed by atoms with van der Waals surface area (Å²) >= 11 is 0. The molecule has 0 bridgehead atoms. The van der Waals surface area contributed by atoms with Crippen LogP contribution in [0.2, 0.25) is 0 Å². The number of hydrogen-bond donors (Lipinski definition) is 2. The fourth-order valence-corrected chi connectivity index (χ4v) is 2.52. The number of nitrogens with zero attached hydrogens (tertiary/aromatic N) is 1. The minimum Gasteiger partial charge on any atom is -0.444 e. The molecule has 1 aromatic heterocycles. The number of nitrogen functional groups attached to an aromatic ring is 1. The fraction of sp³-hybridized carbons (Fsp3) is 0.600. The molecule has 21 heavy (non-hydrogen) atoms. The molecule has 0 saturated carbocycles. The van der Waals surface area contributed by atoms with Crippen molar-refractivity contribution in [3.8, 4) is 0 Å². The van der Waals surface area contributed by atoms with Crippen LogP contribution in [-0.4, -0.2) is 34.7 Å². The summed E-state index contributed by atoms with van der Waals surface area (Å²) in [6.45, 7) is 6.76. The SMILES string of the molecule is CC(C)(C)OC(=O)N1CCC(c2c[nH]c(N)cc2=O)CC1. The summed E-state index contributed by atoms with van der Waals surface area (Å²) in [5.41, 5.74) is 5.77. The Morgan fingerprint density at radius 1 is 1.38 bits per heavy atom. The summed E-state index contributed by atoms with van der Waals surface area (Å²) in [5.74, 6) is 0.531. The number of carbonyl (C=O) groups excluding carboxylic acids is 1. The molecular weight excluding hydrogens is 270 g/mol. The number of hydrogen-bond acceptors (Lipinski definition) is 4. The van der Waals surface area contributed by atoms with Crippen LogP contribution in [0.15, 0.2) is 17.1 Å². The standard InChI is InChI=1S/C15H23N3O3/c1-15(2,3)21-14(20)18-6-4-10(5-7-18)11-9-17-13(16)8-12(11)19/h8-10H,4-7H2,1-3H3,(H3,16,17,19). The summed E-state index contributed by atoms with van der Waals surface area (Å²) in [7, 11) is 0. The third-order valence-corrected chi connectivity index (χ3v) is 3.55. The third kappa shape index (κ3) is 4.00. The number of anilines is 1. The van der Waals surface area contributed by atoms with Crippen LogP contribution in [-0.2, 0) is 4.74 Å². The molecule has 1 fully saturated rings. The van der Waals surface area contributed by atoms with E-state index in [0.29, 0.717) is 18.9 Å². The highest BCUT2D eigenvalue weighted by molar-refractivity contribution is 5.68. The van der Waals surface area contributed by atoms with Crippen molar-refractivity contribution in [2.24, 2.45) is 0 Å². The zero-order valence-electron chi connectivity index (χ0n) is 12.8. The smallest absolute Gasteiger partial charge is 0.410 e. The van der Waals surface area contributed by atoms with Crippen LogP contribution in [0.4, 0.5) is 10.6 Å². The van der Waals surface area contributed by atoms with Gasteiger partial charge in [0.25, 0.3) is 0 Å². The largest absolute Gasteiger partial charge is 0.444 e. The zero-order valence-corrected chi connectivity index (χ0v) is 12.8. The Bertz CT molecular complexity index is 566. The summed E-state index contributed by atoms with van der Waals surface area (Å²) in [4.78, 5) is 28.5. The van der Waals surface area contributed by atoms with E-state index in [-0.39, 0.29) is 17.4 Å². The van der Waals surface area contributed by atoms with E-state index in [2.05, 4.69) is 4.98 Å². The minimum atomic E-state index is -0.484. The Hall–Kier alpha value is -1.98. The van der Waals surface area contributed by atoms with Crippen molar-refractivity contribution in [3.63, 3.8) is 0 Å². The van der Waals surface area contributed by atoms with Crippen LogP contribution in [0.3, 0.4) is 0 Å². The maximum absolute atomic E-state index is 12.0. The zero-order chi connectivity index (χ0) is 15.6. The monoisotopic (exact) mass is 293 g/mol. The first-order valence-corrected chi connectivity index (χ1v) is 7.22. The van der Waals surface area contributed by atoms with E-state index in [1.54, 1.807) is 11.1 Å². The number of pyridine rings is 1. The second kappa shape index (κ2) is 5.79. The maximum Gasteiger partial charge on any atom is 0.410 e. The quantitative estimate of drug-likeness (QED) is 0.829. The highest BCUT2D eigenvalue weighted by Crippen LogP contribution is 2.26. The van der Waals surface area contributed by atoms with Crippen LogP contribution in [0.5, 0.6) is 0 Å². The van der Waals surface area contributed by atoms with Gasteiger partial charge in [-0.1, -0.05) is 0 Å². The lowest BCUT2D eigenvalue weighted by molar-refractivity contribution is 0.0204. The lowest BCUT2D eigenvalue weighted by atomic mass is 9.90. The van der Waals surface area contributed by atoms with E-state index >= 15 is 0 Å². The number of ether oxygens (including phenoxy) is 1. The highest BCUT2D eigenvalue weighted by Gasteiger charge is 2.28. The van der Waals surface area contributed by atoms with Crippen molar-refractivity contribution in [3.05, 3.63) is 28.0 Å². The molecule has 1 saturated heterocycles. The van der Waals surface area contributed by atoms with Crippen LogP contribution in [0, 0.1) is 0 Å². The maximum atomic E-state index is 12.0. The number of aromatic nitrogens is 1. The van der Waals surface area contributed by atoms with Crippen molar-refractivity contribution in [2.45, 2.75) is 45.1 Å². The molecule has 2 rings (SSSR count). The van der Waals surface area contributed by atoms with Gasteiger partial charge in [0.05, 0.1) is 0 Å². The lowest BCUT2D eigenvalue weighted by Gasteiger charge is -2.33. The minimum absolute atomic E-state index is 0.0398. The van der Waals surface area contributed by atoms with Gasteiger partial charge in [0.15, 0.2) is 5.43 Å². The van der Waals surface area contributed by atoms with Crippen LogP contribution < -0.4 is 11.2 Å². The predicted molar refractivity (Wildman–Crippen MR) is 81.3 cm³/mol. The number of aromatic amines is 1. The topological polar surface area (TPSA) is 88.4 Å². The molecule has 1 aliphatic heterocycles. The molecule has 0 spiro atoms. The third-order valence-electron chi connectivity index (χ3n) is 3.55. The van der Waals surface area contributed by atoms with Crippen molar-refractivity contribution < 1.29 is 9.53 Å². The first kappa shape index (κ1) is 15.4. The molecule has 6 heteroatoms. The number of likely N-dealkylation sites (tertiary alicyclic amines) is 1. The van der Waals surface area contributed by atoms with E-state index in [1.165, 1.54) is 6.07 Å². The molecule has 1 aliphatic rings. The van der Waals surface area contributed by atoms with E-state index < -0.39 is 5.60 Å². The molecular formula is C15H23N3O3. The number of piperidine rings is 1. The van der Waals surface area contributed by atoms with Gasteiger partial charge in [-0.15, -0.1) is 0 Å². The molecule has 0 aromatic carbocycles. The molecule has 1 aromatic rings. The van der Waals surface area contributed by atoms with E-state index in [4.69, 9.17) is 10.5 Å². The molecule has 1 amide bonds. The van der Waals surface area contributed by atoms with Gasteiger partial charge < -0.3 is 20.4 Å². The van der Waals surface area contributed by atoms with Gasteiger partial charge in [-0.25, -0.2) is 4.79 Å². The second-order valence-electron chi connectivity index (χ2n) is 6.45. The van der Waals surface area contributed by atoms with E-state index in [0.717, 1.165) is 18.4 Å². The molecule has 6 nitrogen and oxygen atoms in total. The molecule has 0 unspecified atom stereocenters. The fourth-order valence-electron chi connectivity index (χ4n) is 2.52. The average Bonchev–Trinajstić information content (AvgIpc) is 2.37. The summed E-state index contributed by atoms with van der Waals surface area (Å²) < 4.78 is 5.36. The Morgan fingerprint density at radius 2 is 2.00 bits per heavy atom. The van der Waals surface area contributed by atoms with Gasteiger partial charge in [-0.05, 0) is 39.5 Å². The molecule has 0 radical (unpaired) electrons. The number of carbonyl (C=O) groups is 1. The van der Waals surface area contributed by atoms with Crippen LogP contribution in [0.1, 0.15) is 45.1 Å². The number of rotatable bonds is 1. The summed E-state index contributed by atoms with van der Waals surface area (Å²) in [6.07, 6.45) is 2.91. The summed E-state index contributed by atoms with van der Waals surface area (Å²) in [6, 6.07) is 1.41. The van der Waals surface area contributed by atoms with E-state index in [1.807, 2.05) is 20.8 Å². The Morgan fingerprint density at radius 3 is 2.52 bits per heavy atom. The summed E-state index contributed by atoms with van der Waals surface area (Å²) in [5, 5.41) is 0. The number of H-pyrrole nitrogens is 1. The van der Waals surface area contributed by atoms with Crippen molar-refractivity contribution in [1.29, 1.82) is 0 Å². The Labute approximate surface area is 124 Å². The van der Waals surface area contributed by atoms with Crippen LogP contribution in [0.25, 0.3) is 0 Å². The number of nitrogens with one attached hydrogen (secondary N) is 1. The van der Waals surface area contributed by atoms with Gasteiger partial charge in [0, 0.05) is 30.9 Å². The van der Waals surface area contributed by atoms with E-state index in [9.17, 15) is 9.59 Å². The first-order chi connectivity index (χ1) is 9.76. The molecule has 0 aliphatic carbocycles. The number of nitrogens with two attached hydrogens (primary N) is 1. The Balaban J connectivity index is 1.97. The Kier molecular flexibility index (Phi) is 4.25. The lowest BCUT2D eigenvalue weighted by Crippen LogP contribution is -2.41. The normalized spacial score (nSPS) is 16.8. The molecule has 2 heterocycles. The molecule has 116 valence electrons. The predicted octanol–water partition coefficient (Wildman–Crippen LogP) is 2.07. The van der Waals surface area contributed by atoms with Crippen LogP contribution >= 0.6 is 0 Å². The second-order valence-corrected chi connectivity index (χ2v) is 6.45. The van der Waals surface area contributed by atoms with Gasteiger partial charge >= 0.3 is 6.09 Å². The average molecular weight is 293 g/mol.